The molecule has 2 aromatic heterocycles. The van der Waals surface area contributed by atoms with Crippen LogP contribution in [0.15, 0.2) is 54.2 Å². The average Bonchev–Trinajstić information content (AvgIpc) is 2.94. The van der Waals surface area contributed by atoms with Crippen molar-refractivity contribution in [3.8, 4) is 6.07 Å². The van der Waals surface area contributed by atoms with Crippen LogP contribution in [0.2, 0.25) is 0 Å². The Labute approximate surface area is 125 Å². The van der Waals surface area contributed by atoms with Gasteiger partial charge in [0.2, 0.25) is 6.54 Å². The Balaban J connectivity index is 1.76. The maximum atomic E-state index is 12.0. The smallest absolute Gasteiger partial charge is 0.290 e. The molecule has 1 amide bonds. The van der Waals surface area contributed by atoms with Crippen molar-refractivity contribution in [3.05, 3.63) is 59.7 Å². The number of rotatable bonds is 3. The lowest BCUT2D eigenvalue weighted by molar-refractivity contribution is -0.682. The number of hydrogen-bond acceptors (Lipinski definition) is 3. The van der Waals surface area contributed by atoms with E-state index in [0.717, 1.165) is 10.8 Å². The monoisotopic (exact) mass is 294 g/mol. The van der Waals surface area contributed by atoms with Gasteiger partial charge in [0.15, 0.2) is 12.4 Å². The SMILES string of the molecule is N#Cc1ccsc1NC(=O)C[n+]1ccc2ccccc2c1. The first-order chi connectivity index (χ1) is 10.3. The highest BCUT2D eigenvalue weighted by atomic mass is 32.1. The van der Waals surface area contributed by atoms with Crippen LogP contribution in [-0.2, 0) is 11.3 Å². The van der Waals surface area contributed by atoms with Gasteiger partial charge in [0, 0.05) is 11.5 Å². The minimum atomic E-state index is -0.144. The van der Waals surface area contributed by atoms with Crippen LogP contribution >= 0.6 is 11.3 Å². The topological polar surface area (TPSA) is 56.8 Å². The summed E-state index contributed by atoms with van der Waals surface area (Å²) < 4.78 is 1.83. The summed E-state index contributed by atoms with van der Waals surface area (Å²) >= 11 is 1.35. The third-order valence-electron chi connectivity index (χ3n) is 3.11. The summed E-state index contributed by atoms with van der Waals surface area (Å²) in [5.41, 5.74) is 0.497. The number of amides is 1. The van der Waals surface area contributed by atoms with Crippen molar-refractivity contribution in [1.29, 1.82) is 5.26 Å². The van der Waals surface area contributed by atoms with Crippen molar-refractivity contribution in [3.63, 3.8) is 0 Å². The Morgan fingerprint density at radius 1 is 1.24 bits per heavy atom. The summed E-state index contributed by atoms with van der Waals surface area (Å²) in [4.78, 5) is 12.0. The van der Waals surface area contributed by atoms with E-state index < -0.39 is 0 Å². The zero-order valence-electron chi connectivity index (χ0n) is 11.1. The standard InChI is InChI=1S/C16H11N3OS/c17-9-13-6-8-21-16(13)18-15(20)11-19-7-5-12-3-1-2-4-14(12)10-19/h1-8,10H,11H2/p+1. The van der Waals surface area contributed by atoms with E-state index in [1.165, 1.54) is 11.3 Å². The van der Waals surface area contributed by atoms with E-state index in [0.29, 0.717) is 10.6 Å². The number of anilines is 1. The van der Waals surface area contributed by atoms with Crippen LogP contribution in [0, 0.1) is 11.3 Å². The Bertz CT molecular complexity index is 848. The quantitative estimate of drug-likeness (QED) is 0.755. The van der Waals surface area contributed by atoms with Gasteiger partial charge in [-0.25, -0.2) is 0 Å². The summed E-state index contributed by atoms with van der Waals surface area (Å²) in [6.07, 6.45) is 3.82. The predicted molar refractivity (Wildman–Crippen MR) is 81.8 cm³/mol. The molecule has 0 aliphatic rings. The molecule has 21 heavy (non-hydrogen) atoms. The lowest BCUT2D eigenvalue weighted by Gasteiger charge is -2.01. The summed E-state index contributed by atoms with van der Waals surface area (Å²) in [7, 11) is 0. The summed E-state index contributed by atoms with van der Waals surface area (Å²) in [6, 6.07) is 13.7. The highest BCUT2D eigenvalue weighted by Gasteiger charge is 2.13. The lowest BCUT2D eigenvalue weighted by Crippen LogP contribution is -2.39. The first kappa shape index (κ1) is 13.3. The number of pyridine rings is 1. The average molecular weight is 294 g/mol. The number of fused-ring (bicyclic) bond motifs is 1. The van der Waals surface area contributed by atoms with Crippen LogP contribution in [0.3, 0.4) is 0 Å². The Morgan fingerprint density at radius 3 is 2.86 bits per heavy atom. The molecule has 102 valence electrons. The van der Waals surface area contributed by atoms with Crippen LogP contribution in [0.5, 0.6) is 0 Å². The van der Waals surface area contributed by atoms with Gasteiger partial charge in [-0.2, -0.15) is 9.83 Å². The van der Waals surface area contributed by atoms with Gasteiger partial charge < -0.3 is 5.32 Å². The fraction of sp³-hybridized carbons (Fsp3) is 0.0625. The maximum Gasteiger partial charge on any atom is 0.290 e. The number of aromatic nitrogens is 1. The number of nitrogens with one attached hydrogen (secondary N) is 1. The van der Waals surface area contributed by atoms with Crippen molar-refractivity contribution < 1.29 is 9.36 Å². The molecule has 1 aromatic carbocycles. The number of nitriles is 1. The number of nitrogens with zero attached hydrogens (tertiary/aromatic N) is 2. The van der Waals surface area contributed by atoms with Crippen molar-refractivity contribution in [2.75, 3.05) is 5.32 Å². The van der Waals surface area contributed by atoms with Crippen LogP contribution in [0.4, 0.5) is 5.00 Å². The van der Waals surface area contributed by atoms with E-state index in [-0.39, 0.29) is 12.5 Å². The Hall–Kier alpha value is -2.71. The Kier molecular flexibility index (Phi) is 3.63. The molecule has 0 aliphatic heterocycles. The molecular weight excluding hydrogens is 282 g/mol. The molecule has 0 radical (unpaired) electrons. The number of carbonyl (C=O) groups is 1. The normalized spacial score (nSPS) is 10.2. The molecule has 1 N–H and O–H groups in total. The van der Waals surface area contributed by atoms with Crippen LogP contribution < -0.4 is 9.88 Å². The molecule has 0 atom stereocenters. The van der Waals surface area contributed by atoms with Gasteiger partial charge in [-0.1, -0.05) is 18.2 Å². The van der Waals surface area contributed by atoms with Gasteiger partial charge in [-0.15, -0.1) is 11.3 Å². The molecule has 0 spiro atoms. The molecule has 3 rings (SSSR count). The van der Waals surface area contributed by atoms with Gasteiger partial charge in [-0.05, 0) is 22.9 Å². The molecule has 3 aromatic rings. The van der Waals surface area contributed by atoms with Crippen LogP contribution in [0.25, 0.3) is 10.8 Å². The molecule has 2 heterocycles. The fourth-order valence-electron chi connectivity index (χ4n) is 2.10. The van der Waals surface area contributed by atoms with Crippen LogP contribution in [0.1, 0.15) is 5.56 Å². The van der Waals surface area contributed by atoms with Gasteiger partial charge in [0.1, 0.15) is 11.1 Å². The third kappa shape index (κ3) is 2.91. The zero-order chi connectivity index (χ0) is 14.7. The number of hydrogen-bond donors (Lipinski definition) is 1. The first-order valence-corrected chi connectivity index (χ1v) is 7.29. The van der Waals surface area contributed by atoms with Gasteiger partial charge in [-0.3, -0.25) is 4.79 Å². The van der Waals surface area contributed by atoms with Crippen molar-refractivity contribution in [1.82, 2.24) is 0 Å². The lowest BCUT2D eigenvalue weighted by atomic mass is 10.2. The van der Waals surface area contributed by atoms with Gasteiger partial charge in [0.25, 0.3) is 5.91 Å². The summed E-state index contributed by atoms with van der Waals surface area (Å²) in [5.74, 6) is -0.144. The van der Waals surface area contributed by atoms with Gasteiger partial charge >= 0.3 is 0 Å². The molecule has 0 saturated heterocycles. The minimum Gasteiger partial charge on any atom is -0.311 e. The highest BCUT2D eigenvalue weighted by molar-refractivity contribution is 7.14. The molecule has 0 aliphatic carbocycles. The van der Waals surface area contributed by atoms with E-state index in [1.54, 1.807) is 11.4 Å². The van der Waals surface area contributed by atoms with E-state index in [9.17, 15) is 4.79 Å². The molecule has 0 bridgehead atoms. The van der Waals surface area contributed by atoms with E-state index >= 15 is 0 Å². The molecule has 0 fully saturated rings. The maximum absolute atomic E-state index is 12.0. The molecular formula is C16H12N3OS+. The van der Waals surface area contributed by atoms with E-state index in [2.05, 4.69) is 11.4 Å². The van der Waals surface area contributed by atoms with Crippen molar-refractivity contribution in [2.24, 2.45) is 0 Å². The molecule has 0 unspecified atom stereocenters. The third-order valence-corrected chi connectivity index (χ3v) is 3.94. The summed E-state index contributed by atoms with van der Waals surface area (Å²) in [6.45, 7) is 0.216. The van der Waals surface area contributed by atoms with Crippen molar-refractivity contribution >= 4 is 33.0 Å². The number of carbonyl (C=O) groups excluding carboxylic acids is 1. The second-order valence-corrected chi connectivity index (χ2v) is 5.49. The fourth-order valence-corrected chi connectivity index (χ4v) is 2.86. The highest BCUT2D eigenvalue weighted by Crippen LogP contribution is 2.21. The number of benzene rings is 1. The first-order valence-electron chi connectivity index (χ1n) is 6.41. The van der Waals surface area contributed by atoms with E-state index in [1.807, 2.05) is 47.3 Å². The van der Waals surface area contributed by atoms with Gasteiger partial charge in [0.05, 0.1) is 5.56 Å². The molecule has 5 heteroatoms. The summed E-state index contributed by atoms with van der Waals surface area (Å²) in [5, 5.41) is 16.3. The largest absolute Gasteiger partial charge is 0.311 e. The number of thiophene rings is 1. The molecule has 0 saturated carbocycles. The predicted octanol–water partition coefficient (Wildman–Crippen LogP) is 2.70. The van der Waals surface area contributed by atoms with Crippen molar-refractivity contribution in [2.45, 2.75) is 6.54 Å². The Morgan fingerprint density at radius 2 is 2.05 bits per heavy atom. The second kappa shape index (κ2) is 5.73. The van der Waals surface area contributed by atoms with E-state index in [4.69, 9.17) is 5.26 Å². The second-order valence-electron chi connectivity index (χ2n) is 4.57. The minimum absolute atomic E-state index is 0.144. The zero-order valence-corrected chi connectivity index (χ0v) is 11.9. The van der Waals surface area contributed by atoms with Crippen LogP contribution in [-0.4, -0.2) is 5.91 Å². The molecule has 4 nitrogen and oxygen atoms in total.